The van der Waals surface area contributed by atoms with Crippen LogP contribution in [-0.4, -0.2) is 65.7 Å². The zero-order chi connectivity index (χ0) is 22.0. The molecule has 9 heteroatoms. The lowest BCUT2D eigenvalue weighted by Gasteiger charge is -2.34. The number of benzene rings is 1. The summed E-state index contributed by atoms with van der Waals surface area (Å²) < 4.78 is 29.1. The fourth-order valence-electron chi connectivity index (χ4n) is 3.74. The normalized spacial score (nSPS) is 15.6. The second-order valence-corrected chi connectivity index (χ2v) is 9.78. The molecule has 1 aliphatic heterocycles. The number of carbonyl (C=O) groups excluding carboxylic acids is 1. The van der Waals surface area contributed by atoms with E-state index in [2.05, 4.69) is 14.6 Å². The predicted molar refractivity (Wildman–Crippen MR) is 118 cm³/mol. The van der Waals surface area contributed by atoms with Gasteiger partial charge < -0.3 is 9.30 Å². The Balaban J connectivity index is 1.34. The van der Waals surface area contributed by atoms with Crippen molar-refractivity contribution in [2.75, 3.05) is 26.2 Å². The van der Waals surface area contributed by atoms with E-state index in [9.17, 15) is 13.2 Å². The smallest absolute Gasteiger partial charge is 0.253 e. The Morgan fingerprint density at radius 3 is 2.42 bits per heavy atom. The topological polar surface area (TPSA) is 87.0 Å². The molecule has 0 bridgehead atoms. The van der Waals surface area contributed by atoms with Crippen molar-refractivity contribution >= 4 is 21.6 Å². The van der Waals surface area contributed by atoms with Crippen LogP contribution in [0.3, 0.4) is 0 Å². The first-order chi connectivity index (χ1) is 14.8. The Bertz CT molecular complexity index is 1130. The van der Waals surface area contributed by atoms with E-state index >= 15 is 0 Å². The van der Waals surface area contributed by atoms with Crippen LogP contribution in [0.1, 0.15) is 29.9 Å². The molecule has 3 aromatic rings. The molecule has 4 rings (SSSR count). The third kappa shape index (κ3) is 4.95. The zero-order valence-electron chi connectivity index (χ0n) is 17.7. The van der Waals surface area contributed by atoms with Crippen molar-refractivity contribution < 1.29 is 13.2 Å². The molecule has 1 aliphatic rings. The highest BCUT2D eigenvalue weighted by Crippen LogP contribution is 2.15. The van der Waals surface area contributed by atoms with Gasteiger partial charge in [-0.05, 0) is 50.2 Å². The van der Waals surface area contributed by atoms with Crippen LogP contribution in [0.4, 0.5) is 0 Å². The fraction of sp³-hybridized carbons (Fsp3) is 0.364. The van der Waals surface area contributed by atoms with Crippen molar-refractivity contribution in [2.45, 2.75) is 31.3 Å². The second kappa shape index (κ2) is 8.78. The summed E-state index contributed by atoms with van der Waals surface area (Å²) in [6.07, 6.45) is 4.02. The Morgan fingerprint density at radius 1 is 1.06 bits per heavy atom. The van der Waals surface area contributed by atoms with Crippen LogP contribution < -0.4 is 4.72 Å². The van der Waals surface area contributed by atoms with Gasteiger partial charge in [-0.1, -0.05) is 6.07 Å². The SMILES string of the molecule is CC(C)NS(=O)(=O)c1ccc(C(=O)N2CCN(Cc3cn4ccccc4n3)CC2)cc1. The lowest BCUT2D eigenvalue weighted by atomic mass is 10.2. The van der Waals surface area contributed by atoms with Crippen molar-refractivity contribution in [1.29, 1.82) is 0 Å². The quantitative estimate of drug-likeness (QED) is 0.632. The first-order valence-electron chi connectivity index (χ1n) is 10.4. The number of hydrogen-bond acceptors (Lipinski definition) is 5. The third-order valence-electron chi connectivity index (χ3n) is 5.26. The van der Waals surface area contributed by atoms with Gasteiger partial charge in [0.1, 0.15) is 5.65 Å². The Kier molecular flexibility index (Phi) is 6.08. The molecule has 0 atom stereocenters. The Labute approximate surface area is 182 Å². The summed E-state index contributed by atoms with van der Waals surface area (Å²) in [5.74, 6) is -0.0758. The number of pyridine rings is 1. The van der Waals surface area contributed by atoms with Crippen LogP contribution in [-0.2, 0) is 16.6 Å². The molecule has 0 spiro atoms. The molecular formula is C22H27N5O3S. The second-order valence-electron chi connectivity index (χ2n) is 8.07. The summed E-state index contributed by atoms with van der Waals surface area (Å²) in [5, 5.41) is 0. The van der Waals surface area contributed by atoms with Crippen molar-refractivity contribution in [3.63, 3.8) is 0 Å². The zero-order valence-corrected chi connectivity index (χ0v) is 18.5. The summed E-state index contributed by atoms with van der Waals surface area (Å²) in [5.41, 5.74) is 2.44. The number of carbonyl (C=O) groups is 1. The van der Waals surface area contributed by atoms with E-state index in [0.29, 0.717) is 18.7 Å². The van der Waals surface area contributed by atoms with Gasteiger partial charge in [0.15, 0.2) is 0 Å². The van der Waals surface area contributed by atoms with Gasteiger partial charge in [-0.3, -0.25) is 9.69 Å². The van der Waals surface area contributed by atoms with Gasteiger partial charge in [-0.15, -0.1) is 0 Å². The van der Waals surface area contributed by atoms with Crippen molar-refractivity contribution in [3.05, 3.63) is 66.1 Å². The minimum Gasteiger partial charge on any atom is -0.336 e. The number of piperazine rings is 1. The molecule has 1 N–H and O–H groups in total. The molecule has 2 aromatic heterocycles. The molecule has 0 saturated carbocycles. The van der Waals surface area contributed by atoms with Gasteiger partial charge in [0.25, 0.3) is 5.91 Å². The highest BCUT2D eigenvalue weighted by atomic mass is 32.2. The third-order valence-corrected chi connectivity index (χ3v) is 6.94. The minimum absolute atomic E-state index is 0.0758. The number of sulfonamides is 1. The summed E-state index contributed by atoms with van der Waals surface area (Å²) >= 11 is 0. The van der Waals surface area contributed by atoms with Crippen LogP contribution in [0.5, 0.6) is 0 Å². The summed E-state index contributed by atoms with van der Waals surface area (Å²) in [7, 11) is -3.56. The summed E-state index contributed by atoms with van der Waals surface area (Å²) in [4.78, 5) is 21.8. The van der Waals surface area contributed by atoms with Gasteiger partial charge in [0.05, 0.1) is 10.6 Å². The summed E-state index contributed by atoms with van der Waals surface area (Å²) in [6, 6.07) is 11.9. The highest BCUT2D eigenvalue weighted by molar-refractivity contribution is 7.89. The number of nitrogens with one attached hydrogen (secondary N) is 1. The molecule has 0 aliphatic carbocycles. The van der Waals surface area contributed by atoms with E-state index < -0.39 is 10.0 Å². The highest BCUT2D eigenvalue weighted by Gasteiger charge is 2.23. The van der Waals surface area contributed by atoms with E-state index in [-0.39, 0.29) is 16.8 Å². The summed E-state index contributed by atoms with van der Waals surface area (Å²) in [6.45, 7) is 7.07. The Hall–Kier alpha value is -2.75. The molecule has 164 valence electrons. The van der Waals surface area contributed by atoms with Gasteiger partial charge in [0, 0.05) is 56.7 Å². The van der Waals surface area contributed by atoms with E-state index in [1.165, 1.54) is 12.1 Å². The number of nitrogens with zero attached hydrogens (tertiary/aromatic N) is 4. The van der Waals surface area contributed by atoms with Crippen LogP contribution in [0.25, 0.3) is 5.65 Å². The van der Waals surface area contributed by atoms with Gasteiger partial charge in [-0.2, -0.15) is 0 Å². The average Bonchev–Trinajstić information content (AvgIpc) is 3.15. The molecule has 3 heterocycles. The maximum absolute atomic E-state index is 12.8. The van der Waals surface area contributed by atoms with Crippen molar-refractivity contribution in [2.24, 2.45) is 0 Å². The van der Waals surface area contributed by atoms with E-state index in [0.717, 1.165) is 31.0 Å². The van der Waals surface area contributed by atoms with E-state index in [1.807, 2.05) is 39.9 Å². The molecule has 1 amide bonds. The molecule has 1 fully saturated rings. The van der Waals surface area contributed by atoms with Crippen molar-refractivity contribution in [3.8, 4) is 0 Å². The Morgan fingerprint density at radius 2 is 1.77 bits per heavy atom. The molecule has 0 unspecified atom stereocenters. The van der Waals surface area contributed by atoms with Gasteiger partial charge >= 0.3 is 0 Å². The maximum atomic E-state index is 12.8. The molecule has 0 radical (unpaired) electrons. The van der Waals surface area contributed by atoms with Gasteiger partial charge in [0.2, 0.25) is 10.0 Å². The monoisotopic (exact) mass is 441 g/mol. The largest absolute Gasteiger partial charge is 0.336 e. The van der Waals surface area contributed by atoms with Crippen LogP contribution in [0, 0.1) is 0 Å². The number of imidazole rings is 1. The number of fused-ring (bicyclic) bond motifs is 1. The molecule has 1 aromatic carbocycles. The van der Waals surface area contributed by atoms with Crippen LogP contribution in [0.2, 0.25) is 0 Å². The van der Waals surface area contributed by atoms with E-state index in [4.69, 9.17) is 0 Å². The van der Waals surface area contributed by atoms with Gasteiger partial charge in [-0.25, -0.2) is 18.1 Å². The predicted octanol–water partition coefficient (Wildman–Crippen LogP) is 1.98. The maximum Gasteiger partial charge on any atom is 0.253 e. The van der Waals surface area contributed by atoms with E-state index in [1.54, 1.807) is 26.0 Å². The van der Waals surface area contributed by atoms with Crippen LogP contribution >= 0.6 is 0 Å². The number of aromatic nitrogens is 2. The lowest BCUT2D eigenvalue weighted by Crippen LogP contribution is -2.48. The number of rotatable bonds is 6. The molecule has 1 saturated heterocycles. The first-order valence-corrected chi connectivity index (χ1v) is 11.9. The lowest BCUT2D eigenvalue weighted by molar-refractivity contribution is 0.0627. The number of hydrogen-bond donors (Lipinski definition) is 1. The number of amides is 1. The minimum atomic E-state index is -3.56. The molecule has 31 heavy (non-hydrogen) atoms. The molecule has 8 nitrogen and oxygen atoms in total. The first kappa shape index (κ1) is 21.5. The van der Waals surface area contributed by atoms with Crippen LogP contribution in [0.15, 0.2) is 59.8 Å². The average molecular weight is 442 g/mol. The fourth-order valence-corrected chi connectivity index (χ4v) is 4.99. The standard InChI is InChI=1S/C22H27N5O3S/c1-17(2)24-31(29,30)20-8-6-18(7-9-20)22(28)26-13-11-25(12-14-26)15-19-16-27-10-4-3-5-21(27)23-19/h3-10,16-17,24H,11-15H2,1-2H3. The van der Waals surface area contributed by atoms with Crippen molar-refractivity contribution in [1.82, 2.24) is 23.9 Å². The molecular weight excluding hydrogens is 414 g/mol.